The summed E-state index contributed by atoms with van der Waals surface area (Å²) >= 11 is 0.880. The smallest absolute Gasteiger partial charge is 0.307 e. The van der Waals surface area contributed by atoms with Gasteiger partial charge in [0, 0.05) is 12.1 Å². The van der Waals surface area contributed by atoms with Gasteiger partial charge in [0.05, 0.1) is 22.3 Å². The van der Waals surface area contributed by atoms with Crippen LogP contribution in [0.1, 0.15) is 18.9 Å². The lowest BCUT2D eigenvalue weighted by atomic mass is 9.97. The zero-order valence-electron chi connectivity index (χ0n) is 14.8. The second kappa shape index (κ2) is 6.23. The van der Waals surface area contributed by atoms with E-state index in [1.54, 1.807) is 18.2 Å². The average Bonchev–Trinajstić information content (AvgIpc) is 2.99. The first kappa shape index (κ1) is 18.3. The number of thiazole rings is 1. The van der Waals surface area contributed by atoms with E-state index in [9.17, 15) is 23.5 Å². The van der Waals surface area contributed by atoms with E-state index in [-0.39, 0.29) is 15.3 Å². The highest BCUT2D eigenvalue weighted by Crippen LogP contribution is 2.45. The number of aliphatic carboxylic acids is 1. The van der Waals surface area contributed by atoms with Gasteiger partial charge in [-0.15, -0.1) is 0 Å². The highest BCUT2D eigenvalue weighted by molar-refractivity contribution is 7.22. The number of carboxylic acids is 1. The van der Waals surface area contributed by atoms with E-state index in [0.29, 0.717) is 11.4 Å². The number of fused-ring (bicyclic) bond motifs is 2. The molecule has 2 aromatic carbocycles. The lowest BCUT2D eigenvalue weighted by Gasteiger charge is -2.38. The molecule has 144 valence electrons. The summed E-state index contributed by atoms with van der Waals surface area (Å²) in [7, 11) is 0. The quantitative estimate of drug-likeness (QED) is 0.709. The number of hydrogen-bond donors (Lipinski definition) is 1. The van der Waals surface area contributed by atoms with Gasteiger partial charge in [-0.25, -0.2) is 18.7 Å². The van der Waals surface area contributed by atoms with Crippen LogP contribution in [0.5, 0.6) is 5.75 Å². The number of aromatic nitrogens is 1. The van der Waals surface area contributed by atoms with Crippen LogP contribution in [0.2, 0.25) is 0 Å². The molecule has 1 amide bonds. The van der Waals surface area contributed by atoms with Crippen molar-refractivity contribution in [2.24, 2.45) is 0 Å². The number of benzene rings is 2. The molecule has 0 radical (unpaired) electrons. The van der Waals surface area contributed by atoms with Gasteiger partial charge in [0.15, 0.2) is 10.7 Å². The number of ether oxygens (including phenoxy) is 1. The Morgan fingerprint density at radius 3 is 2.79 bits per heavy atom. The lowest BCUT2D eigenvalue weighted by molar-refractivity contribution is -0.148. The maximum Gasteiger partial charge on any atom is 0.307 e. The van der Waals surface area contributed by atoms with Crippen molar-refractivity contribution in [2.75, 3.05) is 4.90 Å². The molecule has 1 unspecified atom stereocenters. The molecule has 1 N–H and O–H groups in total. The molecule has 9 heteroatoms. The molecule has 1 aliphatic rings. The minimum atomic E-state index is -1.67. The second-order valence-corrected chi connectivity index (χ2v) is 7.72. The molecule has 6 nitrogen and oxygen atoms in total. The molecule has 4 rings (SSSR count). The molecule has 0 saturated heterocycles. The summed E-state index contributed by atoms with van der Waals surface area (Å²) in [5.74, 6) is -3.09. The van der Waals surface area contributed by atoms with Gasteiger partial charge in [0.1, 0.15) is 17.4 Å². The topological polar surface area (TPSA) is 79.7 Å². The highest BCUT2D eigenvalue weighted by atomic mass is 32.1. The van der Waals surface area contributed by atoms with Gasteiger partial charge >= 0.3 is 5.97 Å². The van der Waals surface area contributed by atoms with Crippen LogP contribution >= 0.6 is 11.3 Å². The molecule has 1 aliphatic heterocycles. The third-order valence-corrected chi connectivity index (χ3v) is 5.49. The Kier molecular flexibility index (Phi) is 4.07. The average molecular weight is 404 g/mol. The molecule has 1 atom stereocenters. The number of carbonyl (C=O) groups excluding carboxylic acids is 1. The van der Waals surface area contributed by atoms with E-state index in [1.807, 2.05) is 6.92 Å². The molecule has 0 spiro atoms. The zero-order valence-corrected chi connectivity index (χ0v) is 15.6. The summed E-state index contributed by atoms with van der Waals surface area (Å²) in [6, 6.07) is 6.91. The first-order valence-electron chi connectivity index (χ1n) is 8.29. The molecule has 0 saturated carbocycles. The van der Waals surface area contributed by atoms with E-state index in [4.69, 9.17) is 4.74 Å². The fourth-order valence-electron chi connectivity index (χ4n) is 3.15. The SMILES string of the molecule is Cc1ccc2c(c1)OC(C)(CC(=O)O)C(=O)N2c1nc2cc(F)cc(F)c2s1. The number of anilines is 2. The molecule has 1 aromatic heterocycles. The summed E-state index contributed by atoms with van der Waals surface area (Å²) in [5.41, 5.74) is -0.388. The van der Waals surface area contributed by atoms with Crippen molar-refractivity contribution in [3.8, 4) is 5.75 Å². The van der Waals surface area contributed by atoms with Crippen LogP contribution in [0, 0.1) is 18.6 Å². The molecule has 0 fully saturated rings. The van der Waals surface area contributed by atoms with E-state index in [0.717, 1.165) is 29.0 Å². The Morgan fingerprint density at radius 1 is 1.32 bits per heavy atom. The fourth-order valence-corrected chi connectivity index (χ4v) is 4.12. The molecule has 0 aliphatic carbocycles. The maximum atomic E-state index is 14.1. The Morgan fingerprint density at radius 2 is 2.07 bits per heavy atom. The number of amides is 1. The largest absolute Gasteiger partial charge is 0.481 e. The zero-order chi connectivity index (χ0) is 20.2. The van der Waals surface area contributed by atoms with E-state index in [1.165, 1.54) is 11.8 Å². The Balaban J connectivity index is 1.92. The Labute approximate surface area is 162 Å². The first-order valence-corrected chi connectivity index (χ1v) is 9.11. The van der Waals surface area contributed by atoms with Gasteiger partial charge in [-0.05, 0) is 31.5 Å². The molecule has 0 bridgehead atoms. The van der Waals surface area contributed by atoms with Gasteiger partial charge in [-0.1, -0.05) is 17.4 Å². The summed E-state index contributed by atoms with van der Waals surface area (Å²) in [4.78, 5) is 29.9. The minimum absolute atomic E-state index is 0.0744. The Bertz CT molecular complexity index is 1150. The summed E-state index contributed by atoms with van der Waals surface area (Å²) in [6.45, 7) is 3.21. The van der Waals surface area contributed by atoms with Crippen molar-refractivity contribution in [3.05, 3.63) is 47.5 Å². The third-order valence-electron chi connectivity index (χ3n) is 4.42. The van der Waals surface area contributed by atoms with Gasteiger partial charge in [-0.2, -0.15) is 0 Å². The van der Waals surface area contributed by atoms with Gasteiger partial charge < -0.3 is 9.84 Å². The number of halogens is 2. The van der Waals surface area contributed by atoms with E-state index < -0.39 is 35.5 Å². The van der Waals surface area contributed by atoms with Crippen LogP contribution in [-0.4, -0.2) is 27.6 Å². The van der Waals surface area contributed by atoms with Crippen LogP contribution in [0.3, 0.4) is 0 Å². The van der Waals surface area contributed by atoms with Crippen LogP contribution < -0.4 is 9.64 Å². The number of rotatable bonds is 3. The highest BCUT2D eigenvalue weighted by Gasteiger charge is 2.47. The maximum absolute atomic E-state index is 14.1. The fraction of sp³-hybridized carbons (Fsp3) is 0.211. The number of nitrogens with zero attached hydrogens (tertiary/aromatic N) is 2. The van der Waals surface area contributed by atoms with Crippen molar-refractivity contribution in [2.45, 2.75) is 25.9 Å². The number of carbonyl (C=O) groups is 2. The molecule has 28 heavy (non-hydrogen) atoms. The Hall–Kier alpha value is -3.07. The van der Waals surface area contributed by atoms with Crippen LogP contribution in [0.4, 0.5) is 19.6 Å². The summed E-state index contributed by atoms with van der Waals surface area (Å²) in [6.07, 6.45) is -0.566. The van der Waals surface area contributed by atoms with Crippen LogP contribution in [-0.2, 0) is 9.59 Å². The third kappa shape index (κ3) is 2.88. The van der Waals surface area contributed by atoms with E-state index in [2.05, 4.69) is 4.98 Å². The van der Waals surface area contributed by atoms with Crippen molar-refractivity contribution in [1.82, 2.24) is 4.98 Å². The molecule has 3 aromatic rings. The van der Waals surface area contributed by atoms with Gasteiger partial charge in [0.2, 0.25) is 0 Å². The minimum Gasteiger partial charge on any atom is -0.481 e. The van der Waals surface area contributed by atoms with Crippen LogP contribution in [0.15, 0.2) is 30.3 Å². The van der Waals surface area contributed by atoms with Crippen molar-refractivity contribution in [1.29, 1.82) is 0 Å². The number of carboxylic acid groups (broad SMARTS) is 1. The van der Waals surface area contributed by atoms with Crippen molar-refractivity contribution in [3.63, 3.8) is 0 Å². The monoisotopic (exact) mass is 404 g/mol. The normalized spacial score (nSPS) is 18.9. The standard InChI is InChI=1S/C19H14F2N2O4S/c1-9-3-4-13-14(5-9)27-19(2,8-15(24)25)17(26)23(13)18-22-12-7-10(20)6-11(21)16(12)28-18/h3-7H,8H2,1-2H3,(H,24,25). The number of hydrogen-bond acceptors (Lipinski definition) is 5. The molecular formula is C19H14F2N2O4S. The van der Waals surface area contributed by atoms with Gasteiger partial charge in [-0.3, -0.25) is 9.59 Å². The molecule has 2 heterocycles. The van der Waals surface area contributed by atoms with E-state index >= 15 is 0 Å². The van der Waals surface area contributed by atoms with Crippen molar-refractivity contribution < 1.29 is 28.2 Å². The van der Waals surface area contributed by atoms with Crippen molar-refractivity contribution >= 4 is 44.2 Å². The predicted octanol–water partition coefficient (Wildman–Crippen LogP) is 4.17. The first-order chi connectivity index (χ1) is 13.2. The van der Waals surface area contributed by atoms with Crippen LogP contribution in [0.25, 0.3) is 10.2 Å². The number of aryl methyl sites for hydroxylation is 1. The second-order valence-electron chi connectivity index (χ2n) is 6.75. The predicted molar refractivity (Wildman–Crippen MR) is 99.1 cm³/mol. The summed E-state index contributed by atoms with van der Waals surface area (Å²) < 4.78 is 33.5. The molecular weight excluding hydrogens is 390 g/mol. The lowest BCUT2D eigenvalue weighted by Crippen LogP contribution is -2.53. The summed E-state index contributed by atoms with van der Waals surface area (Å²) in [5, 5.41) is 9.34. The van der Waals surface area contributed by atoms with Gasteiger partial charge in [0.25, 0.3) is 5.91 Å².